The number of carbonyl (C=O) groups is 1. The van der Waals surface area contributed by atoms with Gasteiger partial charge in [0.15, 0.2) is 0 Å². The van der Waals surface area contributed by atoms with Crippen molar-refractivity contribution in [2.75, 3.05) is 0 Å². The molecule has 0 fully saturated rings. The van der Waals surface area contributed by atoms with E-state index in [0.717, 1.165) is 0 Å². The molecule has 0 radical (unpaired) electrons. The van der Waals surface area contributed by atoms with E-state index in [-0.39, 0.29) is 17.2 Å². The molecule has 1 rings (SSSR count). The Labute approximate surface area is 100 Å². The molecule has 2 atom stereocenters. The first-order valence-corrected chi connectivity index (χ1v) is 6.43. The first-order chi connectivity index (χ1) is 7.02. The molecule has 0 aromatic carbocycles. The molecule has 1 amide bonds. The van der Waals surface area contributed by atoms with Crippen LogP contribution in [0.1, 0.15) is 31.7 Å². The van der Waals surface area contributed by atoms with E-state index in [1.54, 1.807) is 18.3 Å². The SMILES string of the molecule is CC(S)C(=O)NC(c1cccs1)C(C)C. The molecule has 0 saturated carbocycles. The predicted molar refractivity (Wildman–Crippen MR) is 68.5 cm³/mol. The van der Waals surface area contributed by atoms with E-state index in [1.807, 2.05) is 11.4 Å². The highest BCUT2D eigenvalue weighted by Crippen LogP contribution is 2.25. The van der Waals surface area contributed by atoms with E-state index in [2.05, 4.69) is 37.9 Å². The predicted octanol–water partition coefficient (Wildman–Crippen LogP) is 2.88. The standard InChI is InChI=1S/C11H17NOS2/c1-7(2)10(9-5-4-6-15-9)12-11(13)8(3)14/h4-8,10,14H,1-3H3,(H,12,13). The molecule has 0 aliphatic carbocycles. The second-order valence-corrected chi connectivity index (χ2v) is 5.68. The lowest BCUT2D eigenvalue weighted by Crippen LogP contribution is -2.35. The van der Waals surface area contributed by atoms with E-state index in [1.165, 1.54) is 4.88 Å². The van der Waals surface area contributed by atoms with Crippen LogP contribution in [0, 0.1) is 5.92 Å². The lowest BCUT2D eigenvalue weighted by atomic mass is 10.0. The zero-order valence-electron chi connectivity index (χ0n) is 9.23. The number of thiol groups is 1. The number of rotatable bonds is 4. The average molecular weight is 243 g/mol. The van der Waals surface area contributed by atoms with Crippen LogP contribution in [-0.4, -0.2) is 11.2 Å². The van der Waals surface area contributed by atoms with Crippen molar-refractivity contribution in [2.45, 2.75) is 32.1 Å². The second-order valence-electron chi connectivity index (χ2n) is 3.92. The van der Waals surface area contributed by atoms with E-state index in [4.69, 9.17) is 0 Å². The van der Waals surface area contributed by atoms with Crippen LogP contribution in [0.3, 0.4) is 0 Å². The van der Waals surface area contributed by atoms with E-state index < -0.39 is 0 Å². The molecule has 0 saturated heterocycles. The van der Waals surface area contributed by atoms with Gasteiger partial charge in [0.25, 0.3) is 0 Å². The van der Waals surface area contributed by atoms with Gasteiger partial charge in [0.2, 0.25) is 5.91 Å². The molecule has 0 aliphatic heterocycles. The third-order valence-corrected chi connectivity index (χ3v) is 3.38. The molecule has 0 bridgehead atoms. The Hall–Kier alpha value is -0.480. The van der Waals surface area contributed by atoms with Crippen LogP contribution in [0.4, 0.5) is 0 Å². The minimum atomic E-state index is -0.258. The molecule has 1 aromatic heterocycles. The number of hydrogen-bond acceptors (Lipinski definition) is 3. The Morgan fingerprint density at radius 1 is 1.47 bits per heavy atom. The minimum Gasteiger partial charge on any atom is -0.347 e. The zero-order valence-corrected chi connectivity index (χ0v) is 10.9. The Balaban J connectivity index is 2.72. The van der Waals surface area contributed by atoms with Crippen LogP contribution in [0.5, 0.6) is 0 Å². The molecular formula is C11H17NOS2. The van der Waals surface area contributed by atoms with Gasteiger partial charge in [-0.05, 0) is 24.3 Å². The van der Waals surface area contributed by atoms with Gasteiger partial charge in [-0.2, -0.15) is 12.6 Å². The van der Waals surface area contributed by atoms with Gasteiger partial charge in [0, 0.05) is 4.88 Å². The Bertz CT molecular complexity index is 306. The van der Waals surface area contributed by atoms with E-state index in [0.29, 0.717) is 5.92 Å². The maximum Gasteiger partial charge on any atom is 0.233 e. The van der Waals surface area contributed by atoms with Crippen LogP contribution in [0.2, 0.25) is 0 Å². The normalized spacial score (nSPS) is 15.0. The Morgan fingerprint density at radius 2 is 2.13 bits per heavy atom. The van der Waals surface area contributed by atoms with Crippen molar-refractivity contribution in [2.24, 2.45) is 5.92 Å². The quantitative estimate of drug-likeness (QED) is 0.782. The van der Waals surface area contributed by atoms with Crippen LogP contribution >= 0.6 is 24.0 Å². The highest BCUT2D eigenvalue weighted by atomic mass is 32.1. The van der Waals surface area contributed by atoms with Crippen LogP contribution < -0.4 is 5.32 Å². The summed E-state index contributed by atoms with van der Waals surface area (Å²) in [6.07, 6.45) is 0. The van der Waals surface area contributed by atoms with Gasteiger partial charge in [-0.3, -0.25) is 4.79 Å². The first-order valence-electron chi connectivity index (χ1n) is 5.04. The van der Waals surface area contributed by atoms with Crippen molar-refractivity contribution in [3.8, 4) is 0 Å². The first kappa shape index (κ1) is 12.6. The van der Waals surface area contributed by atoms with Gasteiger partial charge in [0.1, 0.15) is 0 Å². The number of thiophene rings is 1. The number of amides is 1. The molecule has 0 spiro atoms. The maximum atomic E-state index is 11.6. The third-order valence-electron chi connectivity index (χ3n) is 2.19. The highest BCUT2D eigenvalue weighted by molar-refractivity contribution is 7.81. The van der Waals surface area contributed by atoms with Gasteiger partial charge in [-0.15, -0.1) is 11.3 Å². The molecule has 2 nitrogen and oxygen atoms in total. The molecule has 4 heteroatoms. The number of carbonyl (C=O) groups excluding carboxylic acids is 1. The van der Waals surface area contributed by atoms with Gasteiger partial charge in [-0.25, -0.2) is 0 Å². The monoisotopic (exact) mass is 243 g/mol. The van der Waals surface area contributed by atoms with Crippen molar-refractivity contribution in [1.82, 2.24) is 5.32 Å². The summed E-state index contributed by atoms with van der Waals surface area (Å²) in [6.45, 7) is 5.99. The summed E-state index contributed by atoms with van der Waals surface area (Å²) in [7, 11) is 0. The fourth-order valence-electron chi connectivity index (χ4n) is 1.31. The third kappa shape index (κ3) is 3.54. The molecule has 2 unspecified atom stereocenters. The fraction of sp³-hybridized carbons (Fsp3) is 0.545. The van der Waals surface area contributed by atoms with Crippen molar-refractivity contribution < 1.29 is 4.79 Å². The summed E-state index contributed by atoms with van der Waals surface area (Å²) >= 11 is 5.80. The summed E-state index contributed by atoms with van der Waals surface area (Å²) in [6, 6.07) is 4.16. The van der Waals surface area contributed by atoms with Crippen molar-refractivity contribution >= 4 is 29.9 Å². The summed E-state index contributed by atoms with van der Waals surface area (Å²) in [5.41, 5.74) is 0. The fourth-order valence-corrected chi connectivity index (χ4v) is 2.33. The van der Waals surface area contributed by atoms with Crippen molar-refractivity contribution in [3.05, 3.63) is 22.4 Å². The van der Waals surface area contributed by atoms with Gasteiger partial charge in [0.05, 0.1) is 11.3 Å². The molecule has 15 heavy (non-hydrogen) atoms. The summed E-state index contributed by atoms with van der Waals surface area (Å²) in [5, 5.41) is 4.78. The minimum absolute atomic E-state index is 0.00886. The van der Waals surface area contributed by atoms with Crippen molar-refractivity contribution in [1.29, 1.82) is 0 Å². The molecule has 0 aliphatic rings. The molecule has 1 heterocycles. The lowest BCUT2D eigenvalue weighted by Gasteiger charge is -2.22. The second kappa shape index (κ2) is 5.56. The zero-order chi connectivity index (χ0) is 11.4. The Kier molecular flexibility index (Phi) is 4.67. The summed E-state index contributed by atoms with van der Waals surface area (Å²) < 4.78 is 0. The van der Waals surface area contributed by atoms with Gasteiger partial charge >= 0.3 is 0 Å². The highest BCUT2D eigenvalue weighted by Gasteiger charge is 2.20. The lowest BCUT2D eigenvalue weighted by molar-refractivity contribution is -0.121. The van der Waals surface area contributed by atoms with Gasteiger partial charge < -0.3 is 5.32 Å². The van der Waals surface area contributed by atoms with E-state index >= 15 is 0 Å². The largest absolute Gasteiger partial charge is 0.347 e. The Morgan fingerprint density at radius 3 is 2.53 bits per heavy atom. The average Bonchev–Trinajstić information content (AvgIpc) is 2.65. The smallest absolute Gasteiger partial charge is 0.233 e. The van der Waals surface area contributed by atoms with E-state index in [9.17, 15) is 4.79 Å². The molecule has 1 aromatic rings. The van der Waals surface area contributed by atoms with Crippen LogP contribution in [0.15, 0.2) is 17.5 Å². The maximum absolute atomic E-state index is 11.6. The number of nitrogens with one attached hydrogen (secondary N) is 1. The van der Waals surface area contributed by atoms with Gasteiger partial charge in [-0.1, -0.05) is 19.9 Å². The van der Waals surface area contributed by atoms with Crippen LogP contribution in [0.25, 0.3) is 0 Å². The van der Waals surface area contributed by atoms with Crippen LogP contribution in [-0.2, 0) is 4.79 Å². The van der Waals surface area contributed by atoms with Crippen molar-refractivity contribution in [3.63, 3.8) is 0 Å². The topological polar surface area (TPSA) is 29.1 Å². The molecule has 1 N–H and O–H groups in total. The molecular weight excluding hydrogens is 226 g/mol. The summed E-state index contributed by atoms with van der Waals surface area (Å²) in [5.74, 6) is 0.380. The number of hydrogen-bond donors (Lipinski definition) is 2. The molecule has 84 valence electrons. The summed E-state index contributed by atoms with van der Waals surface area (Å²) in [4.78, 5) is 12.8.